The zero-order chi connectivity index (χ0) is 14.0. The first-order chi connectivity index (χ1) is 9.06. The summed E-state index contributed by atoms with van der Waals surface area (Å²) in [5.74, 6) is -0.432. The van der Waals surface area contributed by atoms with Crippen LogP contribution in [0.25, 0.3) is 0 Å². The lowest BCUT2D eigenvalue weighted by molar-refractivity contribution is -0.117. The largest absolute Gasteiger partial charge is 0.465 e. The Morgan fingerprint density at radius 2 is 2.32 bits per heavy atom. The number of nitrogens with two attached hydrogens (primary N) is 1. The smallest absolute Gasteiger partial charge is 0.340 e. The summed E-state index contributed by atoms with van der Waals surface area (Å²) in [6.07, 6.45) is 0.403. The van der Waals surface area contributed by atoms with E-state index in [1.54, 1.807) is 17.0 Å². The summed E-state index contributed by atoms with van der Waals surface area (Å²) < 4.78 is 4.72. The molecule has 102 valence electrons. The van der Waals surface area contributed by atoms with Crippen molar-refractivity contribution < 1.29 is 14.3 Å². The zero-order valence-corrected chi connectivity index (χ0v) is 11.3. The van der Waals surface area contributed by atoms with Gasteiger partial charge in [-0.1, -0.05) is 11.6 Å². The molecular weight excluding hydrogens is 268 g/mol. The SMILES string of the molecule is COC(=O)c1cc(Cl)ccc1N1CC(CN)CC1=O. The van der Waals surface area contributed by atoms with Crippen molar-refractivity contribution in [2.24, 2.45) is 11.7 Å². The number of rotatable bonds is 3. The molecule has 0 bridgehead atoms. The summed E-state index contributed by atoms with van der Waals surface area (Å²) in [4.78, 5) is 25.3. The van der Waals surface area contributed by atoms with Gasteiger partial charge in [-0.2, -0.15) is 0 Å². The van der Waals surface area contributed by atoms with E-state index in [1.165, 1.54) is 13.2 Å². The molecule has 0 spiro atoms. The number of methoxy groups -OCH3 is 1. The summed E-state index contributed by atoms with van der Waals surface area (Å²) in [5.41, 5.74) is 6.41. The highest BCUT2D eigenvalue weighted by Gasteiger charge is 2.32. The van der Waals surface area contributed by atoms with Gasteiger partial charge in [0.15, 0.2) is 0 Å². The number of anilines is 1. The molecule has 1 aromatic carbocycles. The second-order valence-electron chi connectivity index (χ2n) is 4.46. The molecule has 0 aromatic heterocycles. The van der Waals surface area contributed by atoms with E-state index in [0.717, 1.165) is 0 Å². The van der Waals surface area contributed by atoms with Crippen LogP contribution in [0.4, 0.5) is 5.69 Å². The molecule has 1 aromatic rings. The van der Waals surface area contributed by atoms with Crippen LogP contribution in [0.2, 0.25) is 5.02 Å². The first-order valence-corrected chi connectivity index (χ1v) is 6.33. The Balaban J connectivity index is 2.39. The summed E-state index contributed by atoms with van der Waals surface area (Å²) in [6, 6.07) is 4.81. The number of carbonyl (C=O) groups is 2. The van der Waals surface area contributed by atoms with E-state index in [4.69, 9.17) is 22.1 Å². The van der Waals surface area contributed by atoms with Crippen LogP contribution in [0, 0.1) is 5.92 Å². The quantitative estimate of drug-likeness (QED) is 0.852. The van der Waals surface area contributed by atoms with E-state index in [2.05, 4.69) is 0 Å². The monoisotopic (exact) mass is 282 g/mol. The highest BCUT2D eigenvalue weighted by Crippen LogP contribution is 2.30. The molecule has 1 aliphatic heterocycles. The van der Waals surface area contributed by atoms with Crippen molar-refractivity contribution in [1.29, 1.82) is 0 Å². The topological polar surface area (TPSA) is 72.6 Å². The molecule has 1 aliphatic rings. The summed E-state index contributed by atoms with van der Waals surface area (Å²) >= 11 is 5.89. The third-order valence-corrected chi connectivity index (χ3v) is 3.43. The van der Waals surface area contributed by atoms with Crippen LogP contribution in [0.15, 0.2) is 18.2 Å². The Kier molecular flexibility index (Phi) is 4.07. The maximum atomic E-state index is 12.0. The number of hydrogen-bond acceptors (Lipinski definition) is 4. The van der Waals surface area contributed by atoms with E-state index in [-0.39, 0.29) is 11.8 Å². The Bertz CT molecular complexity index is 519. The van der Waals surface area contributed by atoms with Crippen molar-refractivity contribution >= 4 is 29.2 Å². The number of hydrogen-bond donors (Lipinski definition) is 1. The lowest BCUT2D eigenvalue weighted by atomic mass is 10.1. The van der Waals surface area contributed by atoms with Gasteiger partial charge in [-0.3, -0.25) is 4.79 Å². The second kappa shape index (κ2) is 5.59. The lowest BCUT2D eigenvalue weighted by Gasteiger charge is -2.19. The van der Waals surface area contributed by atoms with Gasteiger partial charge in [-0.05, 0) is 30.7 Å². The van der Waals surface area contributed by atoms with Crippen LogP contribution >= 0.6 is 11.6 Å². The normalized spacial score (nSPS) is 18.8. The average Bonchev–Trinajstić information content (AvgIpc) is 2.79. The third-order valence-electron chi connectivity index (χ3n) is 3.19. The van der Waals surface area contributed by atoms with Gasteiger partial charge in [-0.15, -0.1) is 0 Å². The Morgan fingerprint density at radius 1 is 1.58 bits per heavy atom. The fourth-order valence-electron chi connectivity index (χ4n) is 2.19. The molecule has 19 heavy (non-hydrogen) atoms. The maximum Gasteiger partial charge on any atom is 0.340 e. The van der Waals surface area contributed by atoms with Gasteiger partial charge < -0.3 is 15.4 Å². The van der Waals surface area contributed by atoms with Gasteiger partial charge >= 0.3 is 5.97 Å². The van der Waals surface area contributed by atoms with E-state index in [9.17, 15) is 9.59 Å². The van der Waals surface area contributed by atoms with Crippen molar-refractivity contribution in [2.45, 2.75) is 6.42 Å². The first kappa shape index (κ1) is 13.8. The number of nitrogens with zero attached hydrogens (tertiary/aromatic N) is 1. The number of esters is 1. The molecule has 0 radical (unpaired) electrons. The van der Waals surface area contributed by atoms with Crippen molar-refractivity contribution in [3.63, 3.8) is 0 Å². The van der Waals surface area contributed by atoms with E-state index in [1.807, 2.05) is 0 Å². The van der Waals surface area contributed by atoms with Gasteiger partial charge in [0.05, 0.1) is 18.4 Å². The second-order valence-corrected chi connectivity index (χ2v) is 4.90. The molecular formula is C13H15ClN2O3. The standard InChI is InChI=1S/C13H15ClN2O3/c1-19-13(18)10-5-9(14)2-3-11(10)16-7-8(6-15)4-12(16)17/h2-3,5,8H,4,6-7,15H2,1H3. The number of carbonyl (C=O) groups excluding carboxylic acids is 2. The van der Waals surface area contributed by atoms with Gasteiger partial charge in [0.2, 0.25) is 5.91 Å². The van der Waals surface area contributed by atoms with Crippen LogP contribution in [0.1, 0.15) is 16.8 Å². The first-order valence-electron chi connectivity index (χ1n) is 5.95. The minimum Gasteiger partial charge on any atom is -0.465 e. The van der Waals surface area contributed by atoms with Gasteiger partial charge in [0.1, 0.15) is 0 Å². The molecule has 1 heterocycles. The summed E-state index contributed by atoms with van der Waals surface area (Å²) in [5, 5.41) is 0.422. The Hall–Kier alpha value is -1.59. The van der Waals surface area contributed by atoms with Gasteiger partial charge in [-0.25, -0.2) is 4.79 Å². The van der Waals surface area contributed by atoms with Crippen molar-refractivity contribution in [3.05, 3.63) is 28.8 Å². The molecule has 0 saturated carbocycles. The highest BCUT2D eigenvalue weighted by molar-refractivity contribution is 6.31. The van der Waals surface area contributed by atoms with Crippen LogP contribution < -0.4 is 10.6 Å². The average molecular weight is 283 g/mol. The molecule has 6 heteroatoms. The molecule has 1 fully saturated rings. The molecule has 0 aliphatic carbocycles. The van der Waals surface area contributed by atoms with Crippen LogP contribution in [-0.4, -0.2) is 32.1 Å². The highest BCUT2D eigenvalue weighted by atomic mass is 35.5. The fraction of sp³-hybridized carbons (Fsp3) is 0.385. The maximum absolute atomic E-state index is 12.0. The third kappa shape index (κ3) is 2.72. The molecule has 2 rings (SSSR count). The van der Waals surface area contributed by atoms with E-state index >= 15 is 0 Å². The van der Waals surface area contributed by atoms with Crippen molar-refractivity contribution in [1.82, 2.24) is 0 Å². The molecule has 2 N–H and O–H groups in total. The molecule has 1 unspecified atom stereocenters. The van der Waals surface area contributed by atoms with Crippen molar-refractivity contribution in [2.75, 3.05) is 25.1 Å². The summed E-state index contributed by atoms with van der Waals surface area (Å²) in [7, 11) is 1.29. The van der Waals surface area contributed by atoms with E-state index < -0.39 is 5.97 Å². The van der Waals surface area contributed by atoms with Crippen molar-refractivity contribution in [3.8, 4) is 0 Å². The lowest BCUT2D eigenvalue weighted by Crippen LogP contribution is -2.27. The Morgan fingerprint density at radius 3 is 2.89 bits per heavy atom. The zero-order valence-electron chi connectivity index (χ0n) is 10.6. The molecule has 1 atom stereocenters. The number of benzene rings is 1. The predicted molar refractivity (Wildman–Crippen MR) is 72.3 cm³/mol. The number of amides is 1. The molecule has 5 nitrogen and oxygen atoms in total. The predicted octanol–water partition coefficient (Wildman–Crippen LogP) is 1.44. The molecule has 1 amide bonds. The van der Waals surface area contributed by atoms with Crippen LogP contribution in [0.3, 0.4) is 0 Å². The number of ether oxygens (including phenoxy) is 1. The van der Waals surface area contributed by atoms with Gasteiger partial charge in [0.25, 0.3) is 0 Å². The summed E-state index contributed by atoms with van der Waals surface area (Å²) in [6.45, 7) is 0.963. The fourth-order valence-corrected chi connectivity index (χ4v) is 2.36. The van der Waals surface area contributed by atoms with Crippen LogP contribution in [-0.2, 0) is 9.53 Å². The van der Waals surface area contributed by atoms with Gasteiger partial charge in [0, 0.05) is 18.0 Å². The Labute approximate surface area is 116 Å². The minimum atomic E-state index is -0.513. The minimum absolute atomic E-state index is 0.0390. The number of halogens is 1. The molecule has 1 saturated heterocycles. The van der Waals surface area contributed by atoms with E-state index in [0.29, 0.717) is 35.8 Å². The van der Waals surface area contributed by atoms with Crippen LogP contribution in [0.5, 0.6) is 0 Å².